The number of rotatable bonds is 28. The van der Waals surface area contributed by atoms with E-state index in [-0.39, 0.29) is 0 Å². The highest BCUT2D eigenvalue weighted by atomic mass is 14.1. The zero-order chi connectivity index (χ0) is 23.4. The van der Waals surface area contributed by atoms with Crippen LogP contribution in [0.4, 0.5) is 0 Å². The molecule has 1 unspecified atom stereocenters. The molecule has 193 valence electrons. The lowest BCUT2D eigenvalue weighted by Crippen LogP contribution is -1.98. The van der Waals surface area contributed by atoms with Crippen molar-refractivity contribution in [3.63, 3.8) is 0 Å². The molecular formula is C32H65. The Hall–Kier alpha value is 0. The summed E-state index contributed by atoms with van der Waals surface area (Å²) >= 11 is 0. The Bertz CT molecular complexity index is 307. The van der Waals surface area contributed by atoms with Gasteiger partial charge in [0.25, 0.3) is 0 Å². The standard InChI is InChI=1S/C32H65/c1-4-7-9-10-11-12-13-14-15-16-17-18-19-20-21-22-23-24-25-26-27-28-29-31-32(6-3)30-8-5-2/h32H,3-31H2,1-2H3. The molecule has 0 amide bonds. The molecule has 0 heteroatoms. The van der Waals surface area contributed by atoms with Crippen LogP contribution in [0.2, 0.25) is 0 Å². The molecule has 0 bridgehead atoms. The van der Waals surface area contributed by atoms with Crippen LogP contribution in [0.3, 0.4) is 0 Å². The predicted octanol–water partition coefficient (Wildman–Crippen LogP) is 12.4. The van der Waals surface area contributed by atoms with E-state index < -0.39 is 0 Å². The molecule has 0 aliphatic carbocycles. The van der Waals surface area contributed by atoms with Crippen LogP contribution in [0, 0.1) is 12.8 Å². The van der Waals surface area contributed by atoms with Gasteiger partial charge in [-0.1, -0.05) is 201 Å². The van der Waals surface area contributed by atoms with Crippen molar-refractivity contribution < 1.29 is 0 Å². The van der Waals surface area contributed by atoms with E-state index in [4.69, 9.17) is 0 Å². The normalized spacial score (nSPS) is 12.5. The quantitative estimate of drug-likeness (QED) is 0.104. The van der Waals surface area contributed by atoms with E-state index in [1.54, 1.807) is 0 Å². The van der Waals surface area contributed by atoms with Crippen LogP contribution in [0.1, 0.15) is 194 Å². The maximum atomic E-state index is 4.15. The second-order valence-corrected chi connectivity index (χ2v) is 10.9. The van der Waals surface area contributed by atoms with Gasteiger partial charge in [0.2, 0.25) is 0 Å². The van der Waals surface area contributed by atoms with E-state index in [9.17, 15) is 0 Å². The Morgan fingerprint density at radius 3 is 0.875 bits per heavy atom. The molecule has 0 aliphatic rings. The van der Waals surface area contributed by atoms with Gasteiger partial charge < -0.3 is 0 Å². The number of hydrogen-bond donors (Lipinski definition) is 0. The summed E-state index contributed by atoms with van der Waals surface area (Å²) in [5.74, 6) is 0.907. The molecule has 1 radical (unpaired) electrons. The zero-order valence-electron chi connectivity index (χ0n) is 23.1. The SMILES string of the molecule is [CH2]CC(CCCC)CCCCCCCCCCCCCCCCCCCCCCCCC. The van der Waals surface area contributed by atoms with Gasteiger partial charge in [-0.3, -0.25) is 0 Å². The molecule has 0 aliphatic heterocycles. The predicted molar refractivity (Wildman–Crippen MR) is 149 cm³/mol. The number of unbranched alkanes of at least 4 members (excludes halogenated alkanes) is 23. The van der Waals surface area contributed by atoms with Gasteiger partial charge in [-0.15, -0.1) is 0 Å². The fraction of sp³-hybridized carbons (Fsp3) is 0.969. The van der Waals surface area contributed by atoms with E-state index in [2.05, 4.69) is 20.8 Å². The van der Waals surface area contributed by atoms with Gasteiger partial charge >= 0.3 is 0 Å². The molecule has 0 fully saturated rings. The summed E-state index contributed by atoms with van der Waals surface area (Å²) in [6, 6.07) is 0. The lowest BCUT2D eigenvalue weighted by atomic mass is 9.93. The van der Waals surface area contributed by atoms with Gasteiger partial charge in [-0.05, 0) is 5.92 Å². The second-order valence-electron chi connectivity index (χ2n) is 10.9. The van der Waals surface area contributed by atoms with E-state index in [0.717, 1.165) is 12.3 Å². The first kappa shape index (κ1) is 32.0. The zero-order valence-corrected chi connectivity index (χ0v) is 23.1. The summed E-state index contributed by atoms with van der Waals surface area (Å²) in [4.78, 5) is 0. The highest BCUT2D eigenvalue weighted by molar-refractivity contribution is 4.61. The van der Waals surface area contributed by atoms with E-state index in [1.807, 2.05) is 0 Å². The van der Waals surface area contributed by atoms with E-state index in [1.165, 1.54) is 173 Å². The molecule has 0 rings (SSSR count). The van der Waals surface area contributed by atoms with Crippen LogP contribution in [-0.2, 0) is 0 Å². The topological polar surface area (TPSA) is 0 Å². The maximum absolute atomic E-state index is 4.15. The summed E-state index contributed by atoms with van der Waals surface area (Å²) in [5, 5.41) is 0. The fourth-order valence-electron chi connectivity index (χ4n) is 5.14. The Morgan fingerprint density at radius 2 is 0.594 bits per heavy atom. The van der Waals surface area contributed by atoms with Gasteiger partial charge in [0.1, 0.15) is 0 Å². The smallest absolute Gasteiger partial charge is 0.0414 e. The third kappa shape index (κ3) is 26.3. The van der Waals surface area contributed by atoms with Crippen molar-refractivity contribution in [2.45, 2.75) is 194 Å². The van der Waals surface area contributed by atoms with Gasteiger partial charge in [0.15, 0.2) is 0 Å². The molecule has 1 atom stereocenters. The Morgan fingerprint density at radius 1 is 0.344 bits per heavy atom. The van der Waals surface area contributed by atoms with Crippen LogP contribution >= 0.6 is 0 Å². The third-order valence-corrected chi connectivity index (χ3v) is 7.59. The van der Waals surface area contributed by atoms with Crippen LogP contribution in [0.25, 0.3) is 0 Å². The third-order valence-electron chi connectivity index (χ3n) is 7.59. The Labute approximate surface area is 206 Å². The molecule has 32 heavy (non-hydrogen) atoms. The van der Waals surface area contributed by atoms with Crippen LogP contribution in [0.15, 0.2) is 0 Å². The largest absolute Gasteiger partial charge is 0.0654 e. The number of hydrogen-bond acceptors (Lipinski definition) is 0. The average molecular weight is 450 g/mol. The molecule has 0 aromatic rings. The summed E-state index contributed by atoms with van der Waals surface area (Å²) in [5.41, 5.74) is 0. The average Bonchev–Trinajstić information content (AvgIpc) is 2.81. The summed E-state index contributed by atoms with van der Waals surface area (Å²) in [6.45, 7) is 8.76. The van der Waals surface area contributed by atoms with Gasteiger partial charge in [-0.2, -0.15) is 0 Å². The van der Waals surface area contributed by atoms with Crippen molar-refractivity contribution in [3.05, 3.63) is 6.92 Å². The molecule has 0 nitrogen and oxygen atoms in total. The monoisotopic (exact) mass is 450 g/mol. The first-order valence-corrected chi connectivity index (χ1v) is 15.6. The first-order chi connectivity index (χ1) is 15.8. The van der Waals surface area contributed by atoms with Crippen molar-refractivity contribution in [2.24, 2.45) is 5.92 Å². The van der Waals surface area contributed by atoms with Crippen molar-refractivity contribution in [3.8, 4) is 0 Å². The Kier molecular flexibility index (Phi) is 29.0. The van der Waals surface area contributed by atoms with Gasteiger partial charge in [-0.25, -0.2) is 0 Å². The van der Waals surface area contributed by atoms with E-state index >= 15 is 0 Å². The lowest BCUT2D eigenvalue weighted by Gasteiger charge is -2.13. The highest BCUT2D eigenvalue weighted by Crippen LogP contribution is 2.21. The lowest BCUT2D eigenvalue weighted by molar-refractivity contribution is 0.412. The summed E-state index contributed by atoms with van der Waals surface area (Å²) < 4.78 is 0. The van der Waals surface area contributed by atoms with E-state index in [0.29, 0.717) is 0 Å². The molecule has 0 aromatic carbocycles. The van der Waals surface area contributed by atoms with Crippen molar-refractivity contribution in [1.82, 2.24) is 0 Å². The van der Waals surface area contributed by atoms with Gasteiger partial charge in [0, 0.05) is 0 Å². The Balaban J connectivity index is 3.09. The molecule has 0 spiro atoms. The van der Waals surface area contributed by atoms with Crippen molar-refractivity contribution in [2.75, 3.05) is 0 Å². The minimum Gasteiger partial charge on any atom is -0.0654 e. The van der Waals surface area contributed by atoms with Gasteiger partial charge in [0.05, 0.1) is 0 Å². The summed E-state index contributed by atoms with van der Waals surface area (Å²) in [7, 11) is 0. The molecule has 0 saturated carbocycles. The second kappa shape index (κ2) is 29.0. The molecule has 0 N–H and O–H groups in total. The highest BCUT2D eigenvalue weighted by Gasteiger charge is 2.05. The van der Waals surface area contributed by atoms with Crippen LogP contribution in [0.5, 0.6) is 0 Å². The maximum Gasteiger partial charge on any atom is -0.0414 e. The first-order valence-electron chi connectivity index (χ1n) is 15.6. The molecular weight excluding hydrogens is 384 g/mol. The van der Waals surface area contributed by atoms with Crippen molar-refractivity contribution in [1.29, 1.82) is 0 Å². The van der Waals surface area contributed by atoms with Crippen molar-refractivity contribution >= 4 is 0 Å². The van der Waals surface area contributed by atoms with Crippen LogP contribution < -0.4 is 0 Å². The molecule has 0 saturated heterocycles. The minimum absolute atomic E-state index is 0.907. The fourth-order valence-corrected chi connectivity index (χ4v) is 5.14. The molecule has 0 heterocycles. The minimum atomic E-state index is 0.907. The summed E-state index contributed by atoms with van der Waals surface area (Å²) in [6.07, 6.45) is 40.7. The molecule has 0 aromatic heterocycles. The van der Waals surface area contributed by atoms with Crippen LogP contribution in [-0.4, -0.2) is 0 Å².